The van der Waals surface area contributed by atoms with Crippen LogP contribution in [0.15, 0.2) is 0 Å². The van der Waals surface area contributed by atoms with Crippen LogP contribution in [0.2, 0.25) is 0 Å². The maximum atomic E-state index is 7.33. The van der Waals surface area contributed by atoms with Crippen molar-refractivity contribution in [2.24, 2.45) is 0 Å². The van der Waals surface area contributed by atoms with Crippen LogP contribution in [-0.2, 0) is 14.2 Å². The molecule has 0 aliphatic carbocycles. The number of halogens is 1. The summed E-state index contributed by atoms with van der Waals surface area (Å²) in [4.78, 5) is 0. The number of morpholine rings is 3. The third-order valence-corrected chi connectivity index (χ3v) is 10.1. The van der Waals surface area contributed by atoms with Crippen molar-refractivity contribution in [2.75, 3.05) is 78.9 Å². The van der Waals surface area contributed by atoms with Gasteiger partial charge in [0.15, 0.2) is 0 Å². The van der Waals surface area contributed by atoms with E-state index in [9.17, 15) is 0 Å². The predicted molar refractivity (Wildman–Crippen MR) is 78.8 cm³/mol. The van der Waals surface area contributed by atoms with Crippen molar-refractivity contribution in [2.45, 2.75) is 0 Å². The number of hydrogen-bond donors (Lipinski definition) is 0. The summed E-state index contributed by atoms with van der Waals surface area (Å²) in [5.41, 5.74) is 0. The normalized spacial score (nSPS) is 28.6. The molecular formula is C12H24ClN3O3Si. The van der Waals surface area contributed by atoms with E-state index in [1.165, 1.54) is 0 Å². The zero-order valence-corrected chi connectivity index (χ0v) is 13.7. The van der Waals surface area contributed by atoms with Gasteiger partial charge in [0.25, 0.3) is 0 Å². The Kier molecular flexibility index (Phi) is 5.32. The lowest BCUT2D eigenvalue weighted by molar-refractivity contribution is 0.0211. The molecule has 3 fully saturated rings. The molecule has 0 saturated carbocycles. The molecule has 116 valence electrons. The van der Waals surface area contributed by atoms with Gasteiger partial charge in [-0.3, -0.25) is 13.7 Å². The van der Waals surface area contributed by atoms with Crippen LogP contribution in [-0.4, -0.2) is 100 Å². The van der Waals surface area contributed by atoms with Gasteiger partial charge in [-0.25, -0.2) is 0 Å². The molecule has 3 heterocycles. The van der Waals surface area contributed by atoms with Gasteiger partial charge in [0.1, 0.15) is 0 Å². The van der Waals surface area contributed by atoms with Crippen LogP contribution in [0, 0.1) is 0 Å². The molecule has 6 nitrogen and oxygen atoms in total. The minimum atomic E-state index is -2.31. The third kappa shape index (κ3) is 3.05. The van der Waals surface area contributed by atoms with Crippen LogP contribution >= 0.6 is 11.1 Å². The fraction of sp³-hybridized carbons (Fsp3) is 1.00. The van der Waals surface area contributed by atoms with E-state index in [-0.39, 0.29) is 0 Å². The molecule has 0 spiro atoms. The second kappa shape index (κ2) is 7.02. The highest BCUT2D eigenvalue weighted by Crippen LogP contribution is 2.27. The lowest BCUT2D eigenvalue weighted by Crippen LogP contribution is -2.76. The van der Waals surface area contributed by atoms with Crippen LogP contribution < -0.4 is 0 Å². The fourth-order valence-corrected chi connectivity index (χ4v) is 8.12. The maximum absolute atomic E-state index is 7.33. The van der Waals surface area contributed by atoms with E-state index in [1.54, 1.807) is 0 Å². The second-order valence-electron chi connectivity index (χ2n) is 5.35. The zero-order chi connectivity index (χ0) is 13.8. The van der Waals surface area contributed by atoms with E-state index in [4.69, 9.17) is 25.3 Å². The topological polar surface area (TPSA) is 37.4 Å². The number of nitrogens with zero attached hydrogens (tertiary/aromatic N) is 3. The van der Waals surface area contributed by atoms with E-state index in [2.05, 4.69) is 13.7 Å². The van der Waals surface area contributed by atoms with Crippen LogP contribution in [0.25, 0.3) is 0 Å². The standard InChI is InChI=1S/C12H24ClN3O3Si/c13-20(14-1-7-17-8-2-14,15-3-9-18-10-4-15)16-5-11-19-12-6-16/h1-12H2. The van der Waals surface area contributed by atoms with Crippen LogP contribution in [0.1, 0.15) is 0 Å². The Bertz CT molecular complexity index is 263. The molecule has 0 N–H and O–H groups in total. The van der Waals surface area contributed by atoms with E-state index < -0.39 is 7.87 Å². The summed E-state index contributed by atoms with van der Waals surface area (Å²) in [5, 5.41) is 0. The molecule has 0 amide bonds. The van der Waals surface area contributed by atoms with E-state index in [1.807, 2.05) is 0 Å². The SMILES string of the molecule is Cl[Si](N1CCOCC1)(N1CCOCC1)N1CCOCC1. The van der Waals surface area contributed by atoms with Gasteiger partial charge in [-0.2, -0.15) is 0 Å². The number of hydrogen-bond acceptors (Lipinski definition) is 6. The monoisotopic (exact) mass is 321 g/mol. The lowest BCUT2D eigenvalue weighted by Gasteiger charge is -2.52. The van der Waals surface area contributed by atoms with Crippen molar-refractivity contribution in [1.29, 1.82) is 0 Å². The minimum Gasteiger partial charge on any atom is -0.379 e. The average Bonchev–Trinajstić information content (AvgIpc) is 2.56. The van der Waals surface area contributed by atoms with Gasteiger partial charge in [0.2, 0.25) is 0 Å². The Labute approximate surface area is 126 Å². The Morgan fingerprint density at radius 2 is 0.800 bits per heavy atom. The predicted octanol–water partition coefficient (Wildman–Crippen LogP) is -0.343. The molecule has 3 aliphatic rings. The average molecular weight is 322 g/mol. The van der Waals surface area contributed by atoms with Gasteiger partial charge in [0.05, 0.1) is 39.6 Å². The molecule has 3 saturated heterocycles. The maximum Gasteiger partial charge on any atom is 0.393 e. The van der Waals surface area contributed by atoms with E-state index in [0.29, 0.717) is 0 Å². The minimum absolute atomic E-state index is 0.788. The molecule has 0 unspecified atom stereocenters. The molecule has 0 bridgehead atoms. The van der Waals surface area contributed by atoms with Crippen molar-refractivity contribution in [1.82, 2.24) is 13.7 Å². The molecule has 0 atom stereocenters. The quantitative estimate of drug-likeness (QED) is 0.523. The molecule has 3 aliphatic heterocycles. The van der Waals surface area contributed by atoms with E-state index >= 15 is 0 Å². The second-order valence-corrected chi connectivity index (χ2v) is 9.88. The van der Waals surface area contributed by atoms with Crippen molar-refractivity contribution in [3.05, 3.63) is 0 Å². The van der Waals surface area contributed by atoms with Gasteiger partial charge < -0.3 is 14.2 Å². The summed E-state index contributed by atoms with van der Waals surface area (Å²) in [6, 6.07) is 0. The highest BCUT2D eigenvalue weighted by molar-refractivity contribution is 7.15. The van der Waals surface area contributed by atoms with Crippen molar-refractivity contribution >= 4 is 18.9 Å². The van der Waals surface area contributed by atoms with Gasteiger partial charge in [-0.15, -0.1) is 11.1 Å². The highest BCUT2D eigenvalue weighted by Gasteiger charge is 2.51. The van der Waals surface area contributed by atoms with Crippen LogP contribution in [0.3, 0.4) is 0 Å². The first kappa shape index (κ1) is 15.2. The van der Waals surface area contributed by atoms with Crippen molar-refractivity contribution < 1.29 is 14.2 Å². The first-order chi connectivity index (χ1) is 9.82. The molecule has 0 aromatic heterocycles. The Morgan fingerprint density at radius 1 is 0.550 bits per heavy atom. The number of rotatable bonds is 3. The first-order valence-corrected chi connectivity index (χ1v) is 10.3. The fourth-order valence-electron chi connectivity index (χ4n) is 3.14. The largest absolute Gasteiger partial charge is 0.393 e. The molecule has 8 heteroatoms. The van der Waals surface area contributed by atoms with Crippen LogP contribution in [0.5, 0.6) is 0 Å². The molecule has 0 aromatic rings. The summed E-state index contributed by atoms with van der Waals surface area (Å²) in [6.45, 7) is 10.3. The smallest absolute Gasteiger partial charge is 0.379 e. The summed E-state index contributed by atoms with van der Waals surface area (Å²) in [6.07, 6.45) is 0. The van der Waals surface area contributed by atoms with Crippen molar-refractivity contribution in [3.8, 4) is 0 Å². The Morgan fingerprint density at radius 3 is 1.05 bits per heavy atom. The van der Waals surface area contributed by atoms with Gasteiger partial charge in [0, 0.05) is 39.3 Å². The number of ether oxygens (including phenoxy) is 3. The Hall–Kier alpha value is 0.267. The van der Waals surface area contributed by atoms with Crippen molar-refractivity contribution in [3.63, 3.8) is 0 Å². The Balaban J connectivity index is 1.79. The molecule has 20 heavy (non-hydrogen) atoms. The van der Waals surface area contributed by atoms with Crippen LogP contribution in [0.4, 0.5) is 0 Å². The van der Waals surface area contributed by atoms with E-state index in [0.717, 1.165) is 78.9 Å². The van der Waals surface area contributed by atoms with Gasteiger partial charge in [-0.05, 0) is 0 Å². The van der Waals surface area contributed by atoms with Gasteiger partial charge in [-0.1, -0.05) is 0 Å². The third-order valence-electron chi connectivity index (χ3n) is 4.24. The lowest BCUT2D eigenvalue weighted by atomic mass is 10.5. The van der Waals surface area contributed by atoms with Gasteiger partial charge >= 0.3 is 7.87 Å². The zero-order valence-electron chi connectivity index (χ0n) is 11.9. The molecular weight excluding hydrogens is 298 g/mol. The first-order valence-electron chi connectivity index (χ1n) is 7.49. The highest BCUT2D eigenvalue weighted by atomic mass is 35.6. The molecule has 0 aromatic carbocycles. The summed E-state index contributed by atoms with van der Waals surface area (Å²) in [5.74, 6) is 0. The molecule has 3 rings (SSSR count). The summed E-state index contributed by atoms with van der Waals surface area (Å²) in [7, 11) is -2.31. The molecule has 0 radical (unpaired) electrons. The summed E-state index contributed by atoms with van der Waals surface area (Å²) >= 11 is 7.33. The summed E-state index contributed by atoms with van der Waals surface area (Å²) < 4.78 is 24.0.